The number of methoxy groups -OCH3 is 1. The molecular weight excluding hydrogens is 325 g/mol. The zero-order valence-electron chi connectivity index (χ0n) is 12.7. The smallest absolute Gasteiger partial charge is 0.418 e. The number of rotatable bonds is 6. The van der Waals surface area contributed by atoms with E-state index in [9.17, 15) is 18.0 Å². The molecule has 0 atom stereocenters. The molecule has 2 aromatic rings. The van der Waals surface area contributed by atoms with Gasteiger partial charge in [0.05, 0.1) is 18.4 Å². The van der Waals surface area contributed by atoms with Crippen molar-refractivity contribution < 1.29 is 27.4 Å². The minimum Gasteiger partial charge on any atom is -0.493 e. The number of halogens is 3. The number of carbonyl (C=O) groups is 1. The van der Waals surface area contributed by atoms with Gasteiger partial charge in [0.15, 0.2) is 18.1 Å². The Kier molecular flexibility index (Phi) is 5.51. The molecule has 0 radical (unpaired) electrons. The van der Waals surface area contributed by atoms with Crippen molar-refractivity contribution in [2.75, 3.05) is 19.1 Å². The van der Waals surface area contributed by atoms with E-state index in [0.717, 1.165) is 6.07 Å². The van der Waals surface area contributed by atoms with Gasteiger partial charge in [0, 0.05) is 0 Å². The highest BCUT2D eigenvalue weighted by Crippen LogP contribution is 2.34. The Morgan fingerprint density at radius 1 is 1.04 bits per heavy atom. The van der Waals surface area contributed by atoms with Crippen LogP contribution in [0.3, 0.4) is 0 Å². The number of hydrogen-bond donors (Lipinski definition) is 2. The van der Waals surface area contributed by atoms with Crippen LogP contribution in [0.25, 0.3) is 0 Å². The van der Waals surface area contributed by atoms with Gasteiger partial charge in [0.2, 0.25) is 0 Å². The number of carbonyl (C=O) groups excluding carboxylic acids is 1. The van der Waals surface area contributed by atoms with E-state index in [2.05, 4.69) is 10.9 Å². The van der Waals surface area contributed by atoms with Gasteiger partial charge in [-0.05, 0) is 24.3 Å². The standard InChI is InChI=1S/C16H15F3N2O3/c1-23-13-8-4-5-9-14(13)24-10-15(22)21-20-12-7-3-2-6-11(12)16(17,18)19/h2-9,20H,10H2,1H3,(H,21,22). The molecule has 0 saturated heterocycles. The summed E-state index contributed by atoms with van der Waals surface area (Å²) in [6.45, 7) is -0.387. The monoisotopic (exact) mass is 340 g/mol. The van der Waals surface area contributed by atoms with Crippen molar-refractivity contribution in [3.8, 4) is 11.5 Å². The van der Waals surface area contributed by atoms with E-state index in [1.54, 1.807) is 24.3 Å². The molecule has 0 aliphatic rings. The summed E-state index contributed by atoms with van der Waals surface area (Å²) in [4.78, 5) is 11.7. The molecule has 2 N–H and O–H groups in total. The fourth-order valence-corrected chi connectivity index (χ4v) is 1.89. The molecule has 8 heteroatoms. The number of nitrogens with one attached hydrogen (secondary N) is 2. The van der Waals surface area contributed by atoms with Crippen LogP contribution in [0.5, 0.6) is 11.5 Å². The summed E-state index contributed by atoms with van der Waals surface area (Å²) in [6.07, 6.45) is -4.53. The van der Waals surface area contributed by atoms with E-state index < -0.39 is 17.6 Å². The third-order valence-electron chi connectivity index (χ3n) is 3.00. The molecule has 24 heavy (non-hydrogen) atoms. The lowest BCUT2D eigenvalue weighted by atomic mass is 10.2. The highest BCUT2D eigenvalue weighted by molar-refractivity contribution is 5.79. The van der Waals surface area contributed by atoms with Gasteiger partial charge in [-0.25, -0.2) is 0 Å². The number of benzene rings is 2. The molecule has 2 rings (SSSR count). The predicted molar refractivity (Wildman–Crippen MR) is 81.7 cm³/mol. The Morgan fingerprint density at radius 2 is 1.67 bits per heavy atom. The van der Waals surface area contributed by atoms with Crippen LogP contribution in [0.4, 0.5) is 18.9 Å². The first-order valence-electron chi connectivity index (χ1n) is 6.88. The Morgan fingerprint density at radius 3 is 2.33 bits per heavy atom. The normalized spacial score (nSPS) is 10.8. The molecule has 0 unspecified atom stereocenters. The first-order chi connectivity index (χ1) is 11.4. The zero-order valence-corrected chi connectivity index (χ0v) is 12.7. The Labute approximate surface area is 136 Å². The highest BCUT2D eigenvalue weighted by Gasteiger charge is 2.33. The largest absolute Gasteiger partial charge is 0.493 e. The van der Waals surface area contributed by atoms with Crippen LogP contribution in [0, 0.1) is 0 Å². The van der Waals surface area contributed by atoms with Gasteiger partial charge in [0.1, 0.15) is 0 Å². The van der Waals surface area contributed by atoms with Crippen LogP contribution in [-0.4, -0.2) is 19.6 Å². The lowest BCUT2D eigenvalue weighted by Gasteiger charge is -2.15. The molecule has 0 spiro atoms. The van der Waals surface area contributed by atoms with E-state index in [0.29, 0.717) is 11.5 Å². The van der Waals surface area contributed by atoms with Crippen LogP contribution in [-0.2, 0) is 11.0 Å². The first-order valence-corrected chi connectivity index (χ1v) is 6.88. The van der Waals surface area contributed by atoms with Crippen LogP contribution < -0.4 is 20.3 Å². The molecule has 5 nitrogen and oxygen atoms in total. The van der Waals surface area contributed by atoms with Gasteiger partial charge >= 0.3 is 6.18 Å². The number of anilines is 1. The van der Waals surface area contributed by atoms with Crippen molar-refractivity contribution in [1.82, 2.24) is 5.43 Å². The molecule has 0 fully saturated rings. The van der Waals surface area contributed by atoms with Crippen LogP contribution in [0.15, 0.2) is 48.5 Å². The van der Waals surface area contributed by atoms with Gasteiger partial charge < -0.3 is 9.47 Å². The number of ether oxygens (including phenoxy) is 2. The number of alkyl halides is 3. The summed E-state index contributed by atoms with van der Waals surface area (Å²) in [7, 11) is 1.46. The molecule has 128 valence electrons. The molecule has 2 aromatic carbocycles. The quantitative estimate of drug-likeness (QED) is 0.793. The maximum absolute atomic E-state index is 12.8. The fraction of sp³-hybridized carbons (Fsp3) is 0.188. The van der Waals surface area contributed by atoms with E-state index >= 15 is 0 Å². The maximum atomic E-state index is 12.8. The molecule has 0 bridgehead atoms. The SMILES string of the molecule is COc1ccccc1OCC(=O)NNc1ccccc1C(F)(F)F. The molecule has 0 aliphatic heterocycles. The van der Waals surface area contributed by atoms with Gasteiger partial charge in [-0.2, -0.15) is 13.2 Å². The van der Waals surface area contributed by atoms with Gasteiger partial charge in [-0.3, -0.25) is 15.6 Å². The summed E-state index contributed by atoms with van der Waals surface area (Å²) in [5.41, 5.74) is 3.29. The number of hydrogen-bond acceptors (Lipinski definition) is 4. The van der Waals surface area contributed by atoms with Gasteiger partial charge in [-0.1, -0.05) is 24.3 Å². The van der Waals surface area contributed by atoms with Crippen molar-refractivity contribution in [3.63, 3.8) is 0 Å². The lowest BCUT2D eigenvalue weighted by Crippen LogP contribution is -2.34. The topological polar surface area (TPSA) is 59.6 Å². The molecule has 0 saturated carbocycles. The van der Waals surface area contributed by atoms with Gasteiger partial charge in [-0.15, -0.1) is 0 Å². The summed E-state index contributed by atoms with van der Waals surface area (Å²) in [5, 5.41) is 0. The average Bonchev–Trinajstić information content (AvgIpc) is 2.57. The van der Waals surface area contributed by atoms with Crippen molar-refractivity contribution in [1.29, 1.82) is 0 Å². The third kappa shape index (κ3) is 4.55. The average molecular weight is 340 g/mol. The fourth-order valence-electron chi connectivity index (χ4n) is 1.89. The number of para-hydroxylation sites is 3. The Balaban J connectivity index is 1.93. The van der Waals surface area contributed by atoms with Gasteiger partial charge in [0.25, 0.3) is 5.91 Å². The summed E-state index contributed by atoms with van der Waals surface area (Å²) in [5.74, 6) is 0.157. The molecule has 0 heterocycles. The second-order valence-electron chi connectivity index (χ2n) is 4.66. The van der Waals surface area contributed by atoms with Crippen molar-refractivity contribution >= 4 is 11.6 Å². The number of amides is 1. The highest BCUT2D eigenvalue weighted by atomic mass is 19.4. The second-order valence-corrected chi connectivity index (χ2v) is 4.66. The van der Waals surface area contributed by atoms with Crippen molar-refractivity contribution in [3.05, 3.63) is 54.1 Å². The minimum atomic E-state index is -4.53. The molecule has 1 amide bonds. The molecule has 0 aromatic heterocycles. The van der Waals surface area contributed by atoms with Crippen molar-refractivity contribution in [2.45, 2.75) is 6.18 Å². The summed E-state index contributed by atoms with van der Waals surface area (Å²) >= 11 is 0. The van der Waals surface area contributed by atoms with Crippen LogP contribution in [0.1, 0.15) is 5.56 Å². The molecule has 0 aliphatic carbocycles. The van der Waals surface area contributed by atoms with Crippen molar-refractivity contribution in [2.24, 2.45) is 0 Å². The summed E-state index contributed by atoms with van der Waals surface area (Å²) < 4.78 is 48.8. The lowest BCUT2D eigenvalue weighted by molar-refractivity contribution is -0.137. The van der Waals surface area contributed by atoms with E-state index in [4.69, 9.17) is 9.47 Å². The number of hydrazine groups is 1. The van der Waals surface area contributed by atoms with Crippen LogP contribution >= 0.6 is 0 Å². The van der Waals surface area contributed by atoms with Crippen LogP contribution in [0.2, 0.25) is 0 Å². The second kappa shape index (κ2) is 7.58. The Hall–Kier alpha value is -2.90. The van der Waals surface area contributed by atoms with E-state index in [-0.39, 0.29) is 12.3 Å². The first kappa shape index (κ1) is 17.5. The third-order valence-corrected chi connectivity index (χ3v) is 3.00. The summed E-state index contributed by atoms with van der Waals surface area (Å²) in [6, 6.07) is 11.5. The Bertz CT molecular complexity index is 705. The maximum Gasteiger partial charge on any atom is 0.418 e. The minimum absolute atomic E-state index is 0.254. The van der Waals surface area contributed by atoms with E-state index in [1.165, 1.54) is 25.3 Å². The predicted octanol–water partition coefficient (Wildman–Crippen LogP) is 3.24. The zero-order chi connectivity index (χ0) is 17.6. The van der Waals surface area contributed by atoms with E-state index in [1.807, 2.05) is 0 Å². The molecular formula is C16H15F3N2O3.